The lowest BCUT2D eigenvalue weighted by Gasteiger charge is -2.32. The van der Waals surface area contributed by atoms with Gasteiger partial charge in [0, 0.05) is 48.4 Å². The van der Waals surface area contributed by atoms with Crippen molar-refractivity contribution < 1.29 is 9.59 Å². The predicted octanol–water partition coefficient (Wildman–Crippen LogP) is 5.04. The van der Waals surface area contributed by atoms with Crippen LogP contribution in [0.15, 0.2) is 66.7 Å². The van der Waals surface area contributed by atoms with Crippen LogP contribution in [0, 0.1) is 6.92 Å². The summed E-state index contributed by atoms with van der Waals surface area (Å²) >= 11 is 0. The first kappa shape index (κ1) is 20.8. The maximum atomic E-state index is 13.1. The van der Waals surface area contributed by atoms with Crippen molar-refractivity contribution in [3.63, 3.8) is 0 Å². The molecule has 1 saturated heterocycles. The lowest BCUT2D eigenvalue weighted by atomic mass is 9.93. The molecule has 158 valence electrons. The highest BCUT2D eigenvalue weighted by atomic mass is 16.2. The summed E-state index contributed by atoms with van der Waals surface area (Å²) in [6, 6.07) is 21.6. The van der Waals surface area contributed by atoms with Crippen LogP contribution >= 0.6 is 0 Å². The maximum absolute atomic E-state index is 13.1. The number of piperidine rings is 1. The van der Waals surface area contributed by atoms with Gasteiger partial charge < -0.3 is 10.2 Å². The topological polar surface area (TPSA) is 62.3 Å². The average molecular weight is 414 g/mol. The number of rotatable bonds is 4. The lowest BCUT2D eigenvalue weighted by Crippen LogP contribution is -2.39. The molecule has 31 heavy (non-hydrogen) atoms. The standard InChI is InChI=1S/C26H27N3O2/c1-18-6-3-7-21(16-18)24-9-4-10-25(28-24)22-8-5-15-29(17-22)26(31)20-11-13-23(14-12-20)27-19(2)30/h3-4,6-7,9-14,16,22H,5,8,15,17H2,1-2H3,(H,27,30). The second-order valence-electron chi connectivity index (χ2n) is 8.17. The number of amides is 2. The number of pyridine rings is 1. The molecule has 1 aliphatic rings. The first-order chi connectivity index (χ1) is 15.0. The number of carbonyl (C=O) groups is 2. The summed E-state index contributed by atoms with van der Waals surface area (Å²) in [6.45, 7) is 4.96. The van der Waals surface area contributed by atoms with Gasteiger partial charge in [-0.15, -0.1) is 0 Å². The van der Waals surface area contributed by atoms with Crippen molar-refractivity contribution >= 4 is 17.5 Å². The number of likely N-dealkylation sites (tertiary alicyclic amines) is 1. The van der Waals surface area contributed by atoms with Gasteiger partial charge in [0.05, 0.1) is 5.69 Å². The Kier molecular flexibility index (Phi) is 6.12. The molecule has 5 heteroatoms. The van der Waals surface area contributed by atoms with Crippen LogP contribution in [0.2, 0.25) is 0 Å². The van der Waals surface area contributed by atoms with Gasteiger partial charge in [-0.05, 0) is 62.2 Å². The van der Waals surface area contributed by atoms with E-state index in [9.17, 15) is 9.59 Å². The Bertz CT molecular complexity index is 1090. The number of nitrogens with one attached hydrogen (secondary N) is 1. The summed E-state index contributed by atoms with van der Waals surface area (Å²) < 4.78 is 0. The quantitative estimate of drug-likeness (QED) is 0.652. The fourth-order valence-corrected chi connectivity index (χ4v) is 4.13. The van der Waals surface area contributed by atoms with Crippen molar-refractivity contribution in [2.24, 2.45) is 0 Å². The van der Waals surface area contributed by atoms with Crippen molar-refractivity contribution in [1.82, 2.24) is 9.88 Å². The summed E-state index contributed by atoms with van der Waals surface area (Å²) in [7, 11) is 0. The molecular formula is C26H27N3O2. The molecule has 1 aliphatic heterocycles. The zero-order chi connectivity index (χ0) is 21.8. The number of benzene rings is 2. The van der Waals surface area contributed by atoms with Crippen molar-refractivity contribution in [3.8, 4) is 11.3 Å². The highest BCUT2D eigenvalue weighted by Gasteiger charge is 2.26. The highest BCUT2D eigenvalue weighted by molar-refractivity contribution is 5.95. The molecule has 0 aliphatic carbocycles. The first-order valence-electron chi connectivity index (χ1n) is 10.7. The smallest absolute Gasteiger partial charge is 0.253 e. The van der Waals surface area contributed by atoms with E-state index < -0.39 is 0 Å². The van der Waals surface area contributed by atoms with Gasteiger partial charge in [0.2, 0.25) is 5.91 Å². The van der Waals surface area contributed by atoms with Crippen LogP contribution in [0.4, 0.5) is 5.69 Å². The van der Waals surface area contributed by atoms with Crippen molar-refractivity contribution in [3.05, 3.63) is 83.6 Å². The third-order valence-electron chi connectivity index (χ3n) is 5.66. The maximum Gasteiger partial charge on any atom is 0.253 e. The molecule has 1 atom stereocenters. The summed E-state index contributed by atoms with van der Waals surface area (Å²) in [5.74, 6) is 0.119. The molecule has 2 amide bonds. The van der Waals surface area contributed by atoms with Gasteiger partial charge in [0.1, 0.15) is 0 Å². The summed E-state index contributed by atoms with van der Waals surface area (Å²) in [6.07, 6.45) is 1.98. The number of aryl methyl sites for hydroxylation is 1. The molecule has 1 unspecified atom stereocenters. The fraction of sp³-hybridized carbons (Fsp3) is 0.269. The molecule has 1 N–H and O–H groups in total. The Morgan fingerprint density at radius 3 is 2.55 bits per heavy atom. The van der Waals surface area contributed by atoms with E-state index in [1.165, 1.54) is 12.5 Å². The van der Waals surface area contributed by atoms with E-state index in [2.05, 4.69) is 48.6 Å². The van der Waals surface area contributed by atoms with Crippen molar-refractivity contribution in [2.75, 3.05) is 18.4 Å². The van der Waals surface area contributed by atoms with Crippen LogP contribution in [0.3, 0.4) is 0 Å². The van der Waals surface area contributed by atoms with Gasteiger partial charge in [0.25, 0.3) is 5.91 Å². The Balaban J connectivity index is 1.49. The minimum Gasteiger partial charge on any atom is -0.338 e. The number of hydrogen-bond donors (Lipinski definition) is 1. The van der Waals surface area contributed by atoms with E-state index in [0.717, 1.165) is 36.3 Å². The first-order valence-corrected chi connectivity index (χ1v) is 10.7. The third-order valence-corrected chi connectivity index (χ3v) is 5.66. The summed E-state index contributed by atoms with van der Waals surface area (Å²) in [5.41, 5.74) is 5.66. The normalized spacial score (nSPS) is 16.1. The minimum absolute atomic E-state index is 0.0221. The predicted molar refractivity (Wildman–Crippen MR) is 123 cm³/mol. The lowest BCUT2D eigenvalue weighted by molar-refractivity contribution is -0.114. The second-order valence-corrected chi connectivity index (χ2v) is 8.17. The SMILES string of the molecule is CC(=O)Nc1ccc(C(=O)N2CCCC(c3cccc(-c4cccc(C)c4)n3)C2)cc1. The van der Waals surface area contributed by atoms with Gasteiger partial charge >= 0.3 is 0 Å². The zero-order valence-electron chi connectivity index (χ0n) is 18.0. The van der Waals surface area contributed by atoms with Crippen LogP contribution in [0.5, 0.6) is 0 Å². The highest BCUT2D eigenvalue weighted by Crippen LogP contribution is 2.29. The fourth-order valence-electron chi connectivity index (χ4n) is 4.13. The molecule has 0 radical (unpaired) electrons. The molecule has 0 spiro atoms. The van der Waals surface area contributed by atoms with Crippen molar-refractivity contribution in [2.45, 2.75) is 32.6 Å². The molecule has 2 heterocycles. The van der Waals surface area contributed by atoms with Crippen molar-refractivity contribution in [1.29, 1.82) is 0 Å². The number of carbonyl (C=O) groups excluding carboxylic acids is 2. The Labute approximate surface area is 183 Å². The Hall–Kier alpha value is -3.47. The van der Waals surface area contributed by atoms with E-state index >= 15 is 0 Å². The molecule has 4 rings (SSSR count). The summed E-state index contributed by atoms with van der Waals surface area (Å²) in [5, 5.41) is 2.73. The van der Waals surface area contributed by atoms with E-state index in [-0.39, 0.29) is 17.7 Å². The minimum atomic E-state index is -0.127. The van der Waals surface area contributed by atoms with Gasteiger partial charge in [-0.3, -0.25) is 14.6 Å². The van der Waals surface area contributed by atoms with Crippen LogP contribution < -0.4 is 5.32 Å². The Morgan fingerprint density at radius 1 is 1.03 bits per heavy atom. The molecule has 2 aromatic carbocycles. The van der Waals surface area contributed by atoms with Crippen LogP contribution in [0.1, 0.15) is 47.3 Å². The van der Waals surface area contributed by atoms with Gasteiger partial charge in [-0.25, -0.2) is 0 Å². The number of nitrogens with zero attached hydrogens (tertiary/aromatic N) is 2. The van der Waals surface area contributed by atoms with E-state index in [1.54, 1.807) is 24.3 Å². The van der Waals surface area contributed by atoms with Crippen LogP contribution in [-0.2, 0) is 4.79 Å². The molecule has 1 aromatic heterocycles. The number of hydrogen-bond acceptors (Lipinski definition) is 3. The average Bonchev–Trinajstić information content (AvgIpc) is 2.79. The van der Waals surface area contributed by atoms with E-state index in [0.29, 0.717) is 17.8 Å². The second kappa shape index (κ2) is 9.13. The molecule has 0 bridgehead atoms. The van der Waals surface area contributed by atoms with E-state index in [4.69, 9.17) is 4.98 Å². The molecular weight excluding hydrogens is 386 g/mol. The largest absolute Gasteiger partial charge is 0.338 e. The third kappa shape index (κ3) is 5.00. The number of anilines is 1. The Morgan fingerprint density at radius 2 is 1.81 bits per heavy atom. The van der Waals surface area contributed by atoms with Crippen LogP contribution in [-0.4, -0.2) is 34.8 Å². The molecule has 0 saturated carbocycles. The zero-order valence-corrected chi connectivity index (χ0v) is 18.0. The van der Waals surface area contributed by atoms with Crippen LogP contribution in [0.25, 0.3) is 11.3 Å². The monoisotopic (exact) mass is 413 g/mol. The van der Waals surface area contributed by atoms with E-state index in [1.807, 2.05) is 11.0 Å². The molecule has 3 aromatic rings. The summed E-state index contributed by atoms with van der Waals surface area (Å²) in [4.78, 5) is 31.1. The van der Waals surface area contributed by atoms with Gasteiger partial charge in [-0.1, -0.05) is 29.8 Å². The van der Waals surface area contributed by atoms with Gasteiger partial charge in [-0.2, -0.15) is 0 Å². The van der Waals surface area contributed by atoms with Gasteiger partial charge in [0.15, 0.2) is 0 Å². The number of aromatic nitrogens is 1. The molecule has 5 nitrogen and oxygen atoms in total. The molecule has 1 fully saturated rings.